The minimum atomic E-state index is -6.52. The summed E-state index contributed by atoms with van der Waals surface area (Å²) in [6.45, 7) is -7.95. The molecule has 816 valence electrons. The number of carboxylic acid groups (broad SMARTS) is 4. The summed E-state index contributed by atoms with van der Waals surface area (Å²) < 4.78 is 531. The summed E-state index contributed by atoms with van der Waals surface area (Å²) in [4.78, 5) is 51.9. The summed E-state index contributed by atoms with van der Waals surface area (Å²) in [5.41, 5.74) is 0. The first kappa shape index (κ1) is 120. The Morgan fingerprint density at radius 3 is 0.714 bits per heavy atom. The van der Waals surface area contributed by atoms with Crippen LogP contribution in [0.4, 0.5) is 0 Å². The Morgan fingerprint density at radius 2 is 0.486 bits per heavy atom. The molecule has 0 aromatic heterocycles. The summed E-state index contributed by atoms with van der Waals surface area (Å²) in [7, 11) is -73.1. The predicted molar refractivity (Wildman–Crippen MR) is 398 cm³/mol. The minimum Gasteiger partial charge on any atom is -0.479 e. The maximum atomic E-state index is 13.5. The highest BCUT2D eigenvalue weighted by Crippen LogP contribution is 2.42. The number of aliphatic carboxylic acids is 4. The van der Waals surface area contributed by atoms with E-state index < -0.39 is 414 Å². The highest BCUT2D eigenvalue weighted by molar-refractivity contribution is 7.85. The molecule has 0 unspecified atom stereocenters. The molecule has 0 aliphatic carbocycles. The van der Waals surface area contributed by atoms with Crippen molar-refractivity contribution in [3.8, 4) is 0 Å². The first-order valence-electron chi connectivity index (χ1n) is 36.0. The lowest BCUT2D eigenvalue weighted by molar-refractivity contribution is -0.378. The fourth-order valence-corrected chi connectivity index (χ4v) is 19.4. The first-order valence-corrected chi connectivity index (χ1v) is 52.7. The minimum absolute atomic E-state index is 0.159. The third-order valence-electron chi connectivity index (χ3n) is 19.0. The lowest BCUT2D eigenvalue weighted by Crippen LogP contribution is -2.71. The standard InChI is InChI=1S/C48H76N4O76S12/c53-6-1-7(37(61)62)111-45(23(6)125-137(94,95)96)115-25-9(3-107-134(85,86)87)112-42(13(17(25)55)50-130(73,74)75)119-29-21(59)32(127-139(100,101)102)47(123-35(29)39(65)66)117-27-11(5-109-136(91,92)93)114-44(15(19(27)57)52-132(79,80)81)121-30-22(60)33(128-140(103,104)105)48(124-36(30)40(67)68)118-26-10(4-108-135(88,89)90)113-43(14(18(26)56)51-131(76,77)78)120-28-20(58)31(126-138(97,98)99)46(122-34(28)38(63)64)116-24-8(2-106-133(82,83)84)110-41(69)12(16(24)54)49-129(70,71)72/h1,6,8-36,41-60,69H,2-5H2,(H,61,62)(H,63,64)(H,65,66)(H,67,68)(H,70,71,72)(H,73,74,75)(H,76,77,78)(H,79,80,81)(H,82,83,84)(H,85,86,87)(H,88,89,90)(H,91,92,93)(H,94,95,96)(H,97,98,99)(H,100,101,102)(H,103,104,105)/t6-,8+,9+,10+,11+,12+,13+,14+,15+,16+,17+,18+,19+,20-,21-,22-,23+,24+,25+,26+,27+,28-,29-,30-,31+,32+,33+,34+,35+,36+,41-,42+,43+,44+,45-,46+,47+,48+/m0/s1. The Bertz CT molecular complexity index is 5920. The Morgan fingerprint density at radius 1 is 0.264 bits per heavy atom. The van der Waals surface area contributed by atoms with Gasteiger partial charge in [-0.15, -0.1) is 0 Å². The smallest absolute Gasteiger partial charge is 0.397 e. The van der Waals surface area contributed by atoms with E-state index in [1.165, 1.54) is 0 Å². The van der Waals surface area contributed by atoms with Crippen LogP contribution in [0.2, 0.25) is 0 Å². The molecule has 7 fully saturated rings. The molecule has 0 aromatic rings. The van der Waals surface area contributed by atoms with Gasteiger partial charge in [-0.05, 0) is 6.08 Å². The Balaban J connectivity index is 1.15. The number of rotatable bonds is 46. The lowest BCUT2D eigenvalue weighted by Gasteiger charge is -2.50. The number of carbonyl (C=O) groups is 4. The molecule has 7 saturated heterocycles. The van der Waals surface area contributed by atoms with Gasteiger partial charge in [0.25, 0.3) is 0 Å². The maximum Gasteiger partial charge on any atom is 0.397 e. The van der Waals surface area contributed by atoms with Crippen molar-refractivity contribution in [1.29, 1.82) is 0 Å². The summed E-state index contributed by atoms with van der Waals surface area (Å²) in [5, 5.41) is 146. The summed E-state index contributed by atoms with van der Waals surface area (Å²) in [5.74, 6) is -11.7. The molecule has 0 bridgehead atoms. The van der Waals surface area contributed by atoms with Crippen LogP contribution in [-0.2, 0) is 248 Å². The molecule has 8 rings (SSSR count). The van der Waals surface area contributed by atoms with E-state index >= 15 is 0 Å². The Hall–Kier alpha value is -5.06. The van der Waals surface area contributed by atoms with E-state index in [-0.39, 0.29) is 6.08 Å². The molecule has 38 atom stereocenters. The number of aliphatic hydroxyl groups excluding tert-OH is 9. The van der Waals surface area contributed by atoms with Crippen molar-refractivity contribution in [2.45, 2.75) is 233 Å². The second-order valence-electron chi connectivity index (χ2n) is 28.7. The zero-order valence-corrected chi connectivity index (χ0v) is 76.5. The fraction of sp³-hybridized carbons (Fsp3) is 0.875. The number of hydrogen-bond acceptors (Lipinski definition) is 60. The molecule has 0 radical (unpaired) electrons. The van der Waals surface area contributed by atoms with Crippen molar-refractivity contribution in [3.05, 3.63) is 11.8 Å². The number of ether oxygens (including phenoxy) is 15. The van der Waals surface area contributed by atoms with Gasteiger partial charge in [0.05, 0.1) is 26.4 Å². The van der Waals surface area contributed by atoms with E-state index in [4.69, 9.17) is 71.1 Å². The summed E-state index contributed by atoms with van der Waals surface area (Å²) in [6, 6.07) is -12.4. The summed E-state index contributed by atoms with van der Waals surface area (Å²) in [6.07, 6.45) is -109. The molecular formula is C48H76N4O76S12. The van der Waals surface area contributed by atoms with Gasteiger partial charge in [-0.2, -0.15) is 120 Å². The largest absolute Gasteiger partial charge is 0.479 e. The predicted octanol–water partition coefficient (Wildman–Crippen LogP) is -20.7. The SMILES string of the molecule is O=C(O)C1=C[C@H](O)[C@@H](OS(=O)(=O)O)[C@H](O[C@H]2[C@H](O)[C@@H](NS(=O)(=O)O)[C@@H](O[C@H]3[C@H](O)[C@@H](OS(=O)(=O)O)[C@H](O[C@H]4[C@H](O)[C@@H](NS(=O)(=O)O)[C@@H](O[C@H]5[C@H](O)[C@@H](OS(=O)(=O)O)[C@H](O[C@H]6[C@H](O)[C@@H](NS(=O)(=O)O)[C@@H](O[C@H]7[C@H](O)[C@@H](OS(=O)(=O)O)[C@H](O[C@H]8[C@H](O)[C@@H](NS(=O)(=O)O)[C@@H](O)O[C@@H]8COS(=O)(=O)O)O[C@H]7C(=O)O)O[C@@H]6COS(=O)(=O)O)O[C@H]5C(=O)O)O[C@@H]4COS(=O)(=O)O)O[C@H]3C(=O)O)O[C@@H]2COS(=O)(=O)O)O1. The Kier molecular flexibility index (Phi) is 39.1. The van der Waals surface area contributed by atoms with E-state index in [2.05, 4.69) is 33.5 Å². The molecule has 29 N–H and O–H groups in total. The third-order valence-corrected chi connectivity index (χ3v) is 24.9. The van der Waals surface area contributed by atoms with E-state index in [0.29, 0.717) is 0 Å². The fourth-order valence-electron chi connectivity index (χ4n) is 13.8. The van der Waals surface area contributed by atoms with Gasteiger partial charge in [0.15, 0.2) is 86.8 Å². The van der Waals surface area contributed by atoms with Crippen LogP contribution in [0.25, 0.3) is 0 Å². The summed E-state index contributed by atoms with van der Waals surface area (Å²) >= 11 is 0. The van der Waals surface area contributed by atoms with Crippen molar-refractivity contribution in [1.82, 2.24) is 18.9 Å². The van der Waals surface area contributed by atoms with Gasteiger partial charge in [0, 0.05) is 0 Å². The van der Waals surface area contributed by atoms with Crippen LogP contribution in [0.5, 0.6) is 0 Å². The molecule has 8 aliphatic heterocycles. The average molecular weight is 2310 g/mol. The normalized spacial score (nSPS) is 38.5. The monoisotopic (exact) mass is 2310 g/mol. The lowest BCUT2D eigenvalue weighted by atomic mass is 9.94. The van der Waals surface area contributed by atoms with E-state index in [0.717, 1.165) is 18.9 Å². The quantitative estimate of drug-likeness (QED) is 0.0252. The molecule has 8 heterocycles. The average Bonchev–Trinajstić information content (AvgIpc) is 0.749. The molecule has 0 spiro atoms. The van der Waals surface area contributed by atoms with Gasteiger partial charge < -0.3 is 137 Å². The van der Waals surface area contributed by atoms with Crippen molar-refractivity contribution in [3.63, 3.8) is 0 Å². The molecule has 92 heteroatoms. The molecule has 0 saturated carbocycles. The van der Waals surface area contributed by atoms with Crippen molar-refractivity contribution in [2.24, 2.45) is 0 Å². The zero-order chi connectivity index (χ0) is 106. The number of hydrogen-bond donors (Lipinski definition) is 29. The molecule has 140 heavy (non-hydrogen) atoms. The highest BCUT2D eigenvalue weighted by atomic mass is 32.3. The van der Waals surface area contributed by atoms with Crippen LogP contribution in [-0.4, -0.2) is 506 Å². The topological polar surface area (TPSA) is 1240 Å². The van der Waals surface area contributed by atoms with Crippen LogP contribution in [0, 0.1) is 0 Å². The van der Waals surface area contributed by atoms with Crippen molar-refractivity contribution in [2.75, 3.05) is 26.4 Å². The number of nitrogens with one attached hydrogen (secondary N) is 4. The van der Waals surface area contributed by atoms with Crippen molar-refractivity contribution < 1.29 is 346 Å². The van der Waals surface area contributed by atoms with Gasteiger partial charge in [-0.3, -0.25) is 54.6 Å². The van der Waals surface area contributed by atoms with Crippen LogP contribution in [0.15, 0.2) is 11.8 Å². The van der Waals surface area contributed by atoms with Crippen LogP contribution in [0.1, 0.15) is 0 Å². The maximum absolute atomic E-state index is 13.5. The number of aliphatic hydroxyl groups is 9. The molecule has 0 aromatic carbocycles. The van der Waals surface area contributed by atoms with Crippen LogP contribution >= 0.6 is 0 Å². The van der Waals surface area contributed by atoms with Gasteiger partial charge in [-0.1, -0.05) is 0 Å². The molecule has 8 aliphatic rings. The van der Waals surface area contributed by atoms with Crippen LogP contribution in [0.3, 0.4) is 0 Å². The van der Waals surface area contributed by atoms with E-state index in [1.54, 1.807) is 0 Å². The number of carboxylic acids is 4. The van der Waals surface area contributed by atoms with Gasteiger partial charge >= 0.3 is 148 Å². The third kappa shape index (κ3) is 34.5. The Labute approximate surface area is 780 Å². The van der Waals surface area contributed by atoms with Crippen molar-refractivity contribution >= 4 is 148 Å². The molecular weight excluding hydrogens is 2230 g/mol. The zero-order valence-electron chi connectivity index (χ0n) is 66.7. The van der Waals surface area contributed by atoms with Gasteiger partial charge in [0.2, 0.25) is 12.0 Å². The second-order valence-corrected chi connectivity index (χ2v) is 42.0. The van der Waals surface area contributed by atoms with E-state index in [1.807, 2.05) is 0 Å². The van der Waals surface area contributed by atoms with E-state index in [9.17, 15) is 241 Å². The second kappa shape index (κ2) is 45.6. The van der Waals surface area contributed by atoms with Gasteiger partial charge in [-0.25, -0.2) is 52.6 Å². The highest BCUT2D eigenvalue weighted by Gasteiger charge is 2.65. The molecule has 80 nitrogen and oxygen atoms in total. The van der Waals surface area contributed by atoms with Gasteiger partial charge in [0.1, 0.15) is 140 Å². The van der Waals surface area contributed by atoms with Crippen LogP contribution < -0.4 is 18.9 Å². The first-order chi connectivity index (χ1) is 63.4. The molecule has 0 amide bonds.